The number of nitrogens with zero attached hydrogens (tertiary/aromatic N) is 2. The van der Waals surface area contributed by atoms with E-state index in [1.807, 2.05) is 0 Å². The van der Waals surface area contributed by atoms with Crippen LogP contribution in [-0.4, -0.2) is 9.55 Å². The van der Waals surface area contributed by atoms with Gasteiger partial charge in [-0.1, -0.05) is 18.0 Å². The summed E-state index contributed by atoms with van der Waals surface area (Å²) < 4.78 is 2.16. The first-order chi connectivity index (χ1) is 7.21. The van der Waals surface area contributed by atoms with Crippen molar-refractivity contribution in [1.82, 2.24) is 9.55 Å². The SMILES string of the molecule is NC1(c2nc3n(c2Cl)CCCCC3)CC1. The van der Waals surface area contributed by atoms with Crippen molar-refractivity contribution in [3.05, 3.63) is 16.7 Å². The van der Waals surface area contributed by atoms with Crippen LogP contribution >= 0.6 is 11.6 Å². The zero-order valence-corrected chi connectivity index (χ0v) is 9.56. The second-order valence-electron chi connectivity index (χ2n) is 4.79. The highest BCUT2D eigenvalue weighted by Crippen LogP contribution is 2.45. The van der Waals surface area contributed by atoms with Gasteiger partial charge < -0.3 is 10.3 Å². The molecule has 1 aliphatic carbocycles. The molecule has 0 unspecified atom stereocenters. The monoisotopic (exact) mass is 225 g/mol. The van der Waals surface area contributed by atoms with Gasteiger partial charge in [0.15, 0.2) is 0 Å². The number of fused-ring (bicyclic) bond motifs is 1. The summed E-state index contributed by atoms with van der Waals surface area (Å²) in [5, 5.41) is 0.798. The zero-order valence-electron chi connectivity index (χ0n) is 8.80. The molecule has 0 radical (unpaired) electrons. The predicted molar refractivity (Wildman–Crippen MR) is 59.9 cm³/mol. The molecule has 1 aliphatic heterocycles. The number of aromatic nitrogens is 2. The van der Waals surface area contributed by atoms with E-state index in [4.69, 9.17) is 17.3 Å². The highest BCUT2D eigenvalue weighted by atomic mass is 35.5. The van der Waals surface area contributed by atoms with Crippen LogP contribution in [0.5, 0.6) is 0 Å². The molecule has 4 heteroatoms. The Labute approximate surface area is 94.6 Å². The van der Waals surface area contributed by atoms with E-state index in [0.717, 1.165) is 42.5 Å². The minimum atomic E-state index is -0.198. The van der Waals surface area contributed by atoms with E-state index < -0.39 is 0 Å². The highest BCUT2D eigenvalue weighted by molar-refractivity contribution is 6.30. The summed E-state index contributed by atoms with van der Waals surface area (Å²) in [5.41, 5.74) is 6.91. The summed E-state index contributed by atoms with van der Waals surface area (Å²) in [6.07, 6.45) is 6.83. The van der Waals surface area contributed by atoms with Crippen LogP contribution in [0.15, 0.2) is 0 Å². The molecular weight excluding hydrogens is 210 g/mol. The molecule has 0 spiro atoms. The Hall–Kier alpha value is -0.540. The number of aryl methyl sites for hydroxylation is 1. The van der Waals surface area contributed by atoms with Crippen molar-refractivity contribution < 1.29 is 0 Å². The summed E-state index contributed by atoms with van der Waals surface area (Å²) >= 11 is 6.36. The Morgan fingerprint density at radius 1 is 1.27 bits per heavy atom. The number of hydrogen-bond acceptors (Lipinski definition) is 2. The molecule has 2 heterocycles. The second kappa shape index (κ2) is 3.22. The van der Waals surface area contributed by atoms with Crippen LogP contribution in [0.1, 0.15) is 43.6 Å². The summed E-state index contributed by atoms with van der Waals surface area (Å²) in [6, 6.07) is 0. The predicted octanol–water partition coefficient (Wildman–Crippen LogP) is 2.21. The Morgan fingerprint density at radius 2 is 2.07 bits per heavy atom. The van der Waals surface area contributed by atoms with E-state index in [9.17, 15) is 0 Å². The van der Waals surface area contributed by atoms with Crippen molar-refractivity contribution in [3.8, 4) is 0 Å². The smallest absolute Gasteiger partial charge is 0.133 e. The first-order valence-electron chi connectivity index (χ1n) is 5.75. The maximum Gasteiger partial charge on any atom is 0.133 e. The van der Waals surface area contributed by atoms with Crippen LogP contribution in [0.2, 0.25) is 5.15 Å². The largest absolute Gasteiger partial charge is 0.320 e. The lowest BCUT2D eigenvalue weighted by atomic mass is 10.2. The van der Waals surface area contributed by atoms with Crippen LogP contribution < -0.4 is 5.73 Å². The van der Waals surface area contributed by atoms with Gasteiger partial charge in [0.1, 0.15) is 11.0 Å². The fourth-order valence-electron chi connectivity index (χ4n) is 2.31. The van der Waals surface area contributed by atoms with Gasteiger partial charge in [-0.3, -0.25) is 0 Å². The number of hydrogen-bond donors (Lipinski definition) is 1. The van der Waals surface area contributed by atoms with Crippen LogP contribution in [0.4, 0.5) is 0 Å². The first-order valence-corrected chi connectivity index (χ1v) is 6.13. The molecule has 15 heavy (non-hydrogen) atoms. The lowest BCUT2D eigenvalue weighted by molar-refractivity contribution is 0.630. The van der Waals surface area contributed by atoms with Gasteiger partial charge in [-0.15, -0.1) is 0 Å². The van der Waals surface area contributed by atoms with Crippen molar-refractivity contribution in [1.29, 1.82) is 0 Å². The standard InChI is InChI=1S/C11H16ClN3/c12-10-9(11(13)5-6-11)14-8-4-2-1-3-7-15(8)10/h1-7,13H2. The first kappa shape index (κ1) is 9.67. The molecule has 0 saturated heterocycles. The number of nitrogens with two attached hydrogens (primary N) is 1. The van der Waals surface area contributed by atoms with Gasteiger partial charge in [0, 0.05) is 13.0 Å². The van der Waals surface area contributed by atoms with Gasteiger partial charge in [-0.2, -0.15) is 0 Å². The Kier molecular flexibility index (Phi) is 2.08. The Morgan fingerprint density at radius 3 is 2.80 bits per heavy atom. The normalized spacial score (nSPS) is 23.3. The summed E-state index contributed by atoms with van der Waals surface area (Å²) in [7, 11) is 0. The molecule has 0 atom stereocenters. The van der Waals surface area contributed by atoms with Crippen molar-refractivity contribution in [2.24, 2.45) is 5.73 Å². The lowest BCUT2D eigenvalue weighted by Crippen LogP contribution is -2.19. The minimum Gasteiger partial charge on any atom is -0.320 e. The molecule has 1 fully saturated rings. The fraction of sp³-hybridized carbons (Fsp3) is 0.727. The maximum atomic E-state index is 6.36. The molecule has 82 valence electrons. The molecule has 2 aliphatic rings. The third kappa shape index (κ3) is 1.49. The molecule has 2 N–H and O–H groups in total. The Balaban J connectivity index is 2.04. The summed E-state index contributed by atoms with van der Waals surface area (Å²) in [4.78, 5) is 4.65. The van der Waals surface area contributed by atoms with E-state index in [0.29, 0.717) is 0 Å². The third-order valence-corrected chi connectivity index (χ3v) is 3.91. The fourth-order valence-corrected chi connectivity index (χ4v) is 2.73. The van der Waals surface area contributed by atoms with Gasteiger partial charge in [0.2, 0.25) is 0 Å². The number of halogens is 1. The van der Waals surface area contributed by atoms with Crippen molar-refractivity contribution in [2.75, 3.05) is 0 Å². The summed E-state index contributed by atoms with van der Waals surface area (Å²) in [5.74, 6) is 1.14. The minimum absolute atomic E-state index is 0.198. The molecular formula is C11H16ClN3. The van der Waals surface area contributed by atoms with Crippen LogP contribution in [0.3, 0.4) is 0 Å². The summed E-state index contributed by atoms with van der Waals surface area (Å²) in [6.45, 7) is 1.01. The van der Waals surface area contributed by atoms with Gasteiger partial charge in [0.25, 0.3) is 0 Å². The van der Waals surface area contributed by atoms with E-state index >= 15 is 0 Å². The molecule has 0 amide bonds. The maximum absolute atomic E-state index is 6.36. The van der Waals surface area contributed by atoms with Gasteiger partial charge >= 0.3 is 0 Å². The number of rotatable bonds is 1. The van der Waals surface area contributed by atoms with Crippen molar-refractivity contribution in [2.45, 2.75) is 50.6 Å². The molecule has 3 rings (SSSR count). The molecule has 1 aromatic heterocycles. The molecule has 3 nitrogen and oxygen atoms in total. The van der Waals surface area contributed by atoms with E-state index in [2.05, 4.69) is 9.55 Å². The van der Waals surface area contributed by atoms with Gasteiger partial charge in [0.05, 0.1) is 11.2 Å². The van der Waals surface area contributed by atoms with Crippen LogP contribution in [0.25, 0.3) is 0 Å². The topological polar surface area (TPSA) is 43.8 Å². The van der Waals surface area contributed by atoms with Crippen LogP contribution in [-0.2, 0) is 18.5 Å². The van der Waals surface area contributed by atoms with Gasteiger partial charge in [-0.05, 0) is 25.7 Å². The molecule has 0 bridgehead atoms. The molecule has 1 aromatic rings. The molecule has 0 aromatic carbocycles. The average Bonchev–Trinajstić information content (AvgIpc) is 2.93. The van der Waals surface area contributed by atoms with E-state index in [-0.39, 0.29) is 5.54 Å². The lowest BCUT2D eigenvalue weighted by Gasteiger charge is -2.06. The third-order valence-electron chi connectivity index (χ3n) is 3.53. The van der Waals surface area contributed by atoms with Gasteiger partial charge in [-0.25, -0.2) is 4.98 Å². The molecule has 1 saturated carbocycles. The average molecular weight is 226 g/mol. The second-order valence-corrected chi connectivity index (χ2v) is 5.14. The van der Waals surface area contributed by atoms with E-state index in [1.165, 1.54) is 19.3 Å². The zero-order chi connectivity index (χ0) is 10.5. The number of imidazole rings is 1. The van der Waals surface area contributed by atoms with Crippen molar-refractivity contribution >= 4 is 11.6 Å². The van der Waals surface area contributed by atoms with E-state index in [1.54, 1.807) is 0 Å². The van der Waals surface area contributed by atoms with Crippen LogP contribution in [0, 0.1) is 0 Å². The Bertz CT molecular complexity index is 393. The highest BCUT2D eigenvalue weighted by Gasteiger charge is 2.44. The quantitative estimate of drug-likeness (QED) is 0.797. The van der Waals surface area contributed by atoms with Crippen molar-refractivity contribution in [3.63, 3.8) is 0 Å².